The zero-order valence-corrected chi connectivity index (χ0v) is 10.3. The van der Waals surface area contributed by atoms with Crippen LogP contribution in [0.2, 0.25) is 0 Å². The smallest absolute Gasteiger partial charge is 0.335 e. The Kier molecular flexibility index (Phi) is 3.93. The normalized spacial score (nSPS) is 10.6. The Balaban J connectivity index is 2.92. The summed E-state index contributed by atoms with van der Waals surface area (Å²) in [5.74, 6) is -0.278. The third-order valence-corrected chi connectivity index (χ3v) is 2.52. The maximum Gasteiger partial charge on any atom is 0.335 e. The average Bonchev–Trinajstić information content (AvgIpc) is 2.15. The number of anilines is 1. The van der Waals surface area contributed by atoms with Gasteiger partial charge in [0.2, 0.25) is 0 Å². The minimum absolute atomic E-state index is 0.377. The molecule has 0 aliphatic carbocycles. The van der Waals surface area contributed by atoms with Gasteiger partial charge in [-0.05, 0) is 36.6 Å². The van der Waals surface area contributed by atoms with E-state index in [1.807, 2.05) is 26.1 Å². The highest BCUT2D eigenvalue weighted by Gasteiger charge is 2.09. The molecular formula is C13H19NO2. The highest BCUT2D eigenvalue weighted by Crippen LogP contribution is 2.19. The number of carbonyl (C=O) groups is 1. The number of aryl methyl sites for hydroxylation is 1. The van der Waals surface area contributed by atoms with E-state index in [0.717, 1.165) is 17.8 Å². The number of carboxylic acids is 1. The molecule has 3 nitrogen and oxygen atoms in total. The molecule has 1 aromatic rings. The molecule has 0 spiro atoms. The van der Waals surface area contributed by atoms with Gasteiger partial charge in [-0.25, -0.2) is 4.79 Å². The van der Waals surface area contributed by atoms with Crippen LogP contribution in [0.25, 0.3) is 0 Å². The largest absolute Gasteiger partial charge is 0.478 e. The SMILES string of the molecule is Cc1cc(N(C)CC(C)C)ccc1C(=O)O. The second-order valence-corrected chi connectivity index (χ2v) is 4.58. The first kappa shape index (κ1) is 12.6. The minimum atomic E-state index is -0.865. The van der Waals surface area contributed by atoms with Crippen molar-refractivity contribution in [2.75, 3.05) is 18.5 Å². The summed E-state index contributed by atoms with van der Waals surface area (Å²) in [4.78, 5) is 13.0. The van der Waals surface area contributed by atoms with Crippen molar-refractivity contribution in [2.24, 2.45) is 5.92 Å². The van der Waals surface area contributed by atoms with Gasteiger partial charge in [0.05, 0.1) is 5.56 Å². The summed E-state index contributed by atoms with van der Waals surface area (Å²) in [6.45, 7) is 7.12. The topological polar surface area (TPSA) is 40.5 Å². The molecule has 0 aliphatic heterocycles. The van der Waals surface area contributed by atoms with Gasteiger partial charge in [0.1, 0.15) is 0 Å². The van der Waals surface area contributed by atoms with Gasteiger partial charge >= 0.3 is 5.97 Å². The van der Waals surface area contributed by atoms with E-state index < -0.39 is 5.97 Å². The molecule has 0 aromatic heterocycles. The summed E-state index contributed by atoms with van der Waals surface area (Å²) in [5.41, 5.74) is 2.25. The average molecular weight is 221 g/mol. The molecule has 0 fully saturated rings. The Labute approximate surface area is 96.7 Å². The Morgan fingerprint density at radius 3 is 2.50 bits per heavy atom. The molecule has 3 heteroatoms. The summed E-state index contributed by atoms with van der Waals surface area (Å²) in [6, 6.07) is 5.45. The molecule has 88 valence electrons. The quantitative estimate of drug-likeness (QED) is 0.850. The van der Waals surface area contributed by atoms with Gasteiger partial charge in [0.15, 0.2) is 0 Å². The van der Waals surface area contributed by atoms with Crippen molar-refractivity contribution in [3.8, 4) is 0 Å². The molecule has 1 rings (SSSR count). The molecule has 0 saturated carbocycles. The zero-order chi connectivity index (χ0) is 12.3. The van der Waals surface area contributed by atoms with Crippen LogP contribution in [-0.4, -0.2) is 24.7 Å². The monoisotopic (exact) mass is 221 g/mol. The van der Waals surface area contributed by atoms with Crippen LogP contribution in [0.4, 0.5) is 5.69 Å². The van der Waals surface area contributed by atoms with Gasteiger partial charge in [0, 0.05) is 19.3 Å². The highest BCUT2D eigenvalue weighted by molar-refractivity contribution is 5.89. The van der Waals surface area contributed by atoms with Crippen molar-refractivity contribution in [3.63, 3.8) is 0 Å². The van der Waals surface area contributed by atoms with E-state index in [4.69, 9.17) is 5.11 Å². The molecule has 0 amide bonds. The molecule has 0 aliphatic rings. The predicted octanol–water partition coefficient (Wildman–Crippen LogP) is 2.79. The van der Waals surface area contributed by atoms with Gasteiger partial charge in [-0.2, -0.15) is 0 Å². The van der Waals surface area contributed by atoms with Crippen LogP contribution >= 0.6 is 0 Å². The molecule has 16 heavy (non-hydrogen) atoms. The number of carboxylic acid groups (broad SMARTS) is 1. The van der Waals surface area contributed by atoms with Crippen molar-refractivity contribution >= 4 is 11.7 Å². The zero-order valence-electron chi connectivity index (χ0n) is 10.3. The molecular weight excluding hydrogens is 202 g/mol. The highest BCUT2D eigenvalue weighted by atomic mass is 16.4. The van der Waals surface area contributed by atoms with Crippen LogP contribution in [0.15, 0.2) is 18.2 Å². The lowest BCUT2D eigenvalue weighted by Gasteiger charge is -2.22. The van der Waals surface area contributed by atoms with E-state index in [1.54, 1.807) is 6.07 Å². The maximum atomic E-state index is 10.9. The lowest BCUT2D eigenvalue weighted by molar-refractivity contribution is 0.0696. The second-order valence-electron chi connectivity index (χ2n) is 4.58. The second kappa shape index (κ2) is 5.01. The molecule has 0 unspecified atom stereocenters. The summed E-state index contributed by atoms with van der Waals surface area (Å²) in [5, 5.41) is 8.93. The standard InChI is InChI=1S/C13H19NO2/c1-9(2)8-14(4)11-5-6-12(13(15)16)10(3)7-11/h5-7,9H,8H2,1-4H3,(H,15,16). The van der Waals surface area contributed by atoms with Crippen molar-refractivity contribution < 1.29 is 9.90 Å². The number of benzene rings is 1. The summed E-state index contributed by atoms with van der Waals surface area (Å²) < 4.78 is 0. The molecule has 0 radical (unpaired) electrons. The van der Waals surface area contributed by atoms with Crippen LogP contribution in [0.3, 0.4) is 0 Å². The number of hydrogen-bond donors (Lipinski definition) is 1. The Morgan fingerprint density at radius 2 is 2.06 bits per heavy atom. The van der Waals surface area contributed by atoms with E-state index in [0.29, 0.717) is 11.5 Å². The van der Waals surface area contributed by atoms with Gasteiger partial charge in [0.25, 0.3) is 0 Å². The Hall–Kier alpha value is -1.51. The molecule has 1 aromatic carbocycles. The molecule has 0 heterocycles. The first-order chi connectivity index (χ1) is 7.41. The lowest BCUT2D eigenvalue weighted by Crippen LogP contribution is -2.22. The van der Waals surface area contributed by atoms with Gasteiger partial charge in [-0.1, -0.05) is 13.8 Å². The van der Waals surface area contributed by atoms with E-state index in [-0.39, 0.29) is 0 Å². The molecule has 0 bridgehead atoms. The third-order valence-electron chi connectivity index (χ3n) is 2.52. The van der Waals surface area contributed by atoms with E-state index in [9.17, 15) is 4.79 Å². The summed E-state index contributed by atoms with van der Waals surface area (Å²) in [6.07, 6.45) is 0. The van der Waals surface area contributed by atoms with Gasteiger partial charge < -0.3 is 10.0 Å². The fourth-order valence-corrected chi connectivity index (χ4v) is 1.78. The van der Waals surface area contributed by atoms with Crippen LogP contribution < -0.4 is 4.90 Å². The lowest BCUT2D eigenvalue weighted by atomic mass is 10.1. The minimum Gasteiger partial charge on any atom is -0.478 e. The van der Waals surface area contributed by atoms with Crippen molar-refractivity contribution in [3.05, 3.63) is 29.3 Å². The predicted molar refractivity (Wildman–Crippen MR) is 66.2 cm³/mol. The van der Waals surface area contributed by atoms with Crippen molar-refractivity contribution in [1.82, 2.24) is 0 Å². The molecule has 0 atom stereocenters. The summed E-state index contributed by atoms with van der Waals surface area (Å²) in [7, 11) is 2.02. The van der Waals surface area contributed by atoms with Gasteiger partial charge in [-0.15, -0.1) is 0 Å². The number of rotatable bonds is 4. The fourth-order valence-electron chi connectivity index (χ4n) is 1.78. The Morgan fingerprint density at radius 1 is 1.44 bits per heavy atom. The van der Waals surface area contributed by atoms with Crippen molar-refractivity contribution in [2.45, 2.75) is 20.8 Å². The fraction of sp³-hybridized carbons (Fsp3) is 0.462. The first-order valence-electron chi connectivity index (χ1n) is 5.47. The number of nitrogens with zero attached hydrogens (tertiary/aromatic N) is 1. The summed E-state index contributed by atoms with van der Waals surface area (Å²) >= 11 is 0. The number of aromatic carboxylic acids is 1. The van der Waals surface area contributed by atoms with E-state index >= 15 is 0 Å². The van der Waals surface area contributed by atoms with Crippen LogP contribution in [0.5, 0.6) is 0 Å². The van der Waals surface area contributed by atoms with Crippen molar-refractivity contribution in [1.29, 1.82) is 0 Å². The maximum absolute atomic E-state index is 10.9. The van der Waals surface area contributed by atoms with E-state index in [1.165, 1.54) is 0 Å². The van der Waals surface area contributed by atoms with Crippen LogP contribution in [0, 0.1) is 12.8 Å². The number of hydrogen-bond acceptors (Lipinski definition) is 2. The molecule has 0 saturated heterocycles. The van der Waals surface area contributed by atoms with Gasteiger partial charge in [-0.3, -0.25) is 0 Å². The Bertz CT molecular complexity index is 386. The third kappa shape index (κ3) is 2.99. The molecule has 1 N–H and O–H groups in total. The van der Waals surface area contributed by atoms with Crippen LogP contribution in [-0.2, 0) is 0 Å². The first-order valence-corrected chi connectivity index (χ1v) is 5.47. The van der Waals surface area contributed by atoms with E-state index in [2.05, 4.69) is 18.7 Å². The van der Waals surface area contributed by atoms with Crippen LogP contribution in [0.1, 0.15) is 29.8 Å².